The zero-order valence-corrected chi connectivity index (χ0v) is 12.6. The van der Waals surface area contributed by atoms with Crippen molar-refractivity contribution in [2.75, 3.05) is 6.54 Å². The molecule has 23 heavy (non-hydrogen) atoms. The molecule has 0 spiro atoms. The average molecular weight is 317 g/mol. The van der Waals surface area contributed by atoms with Crippen LogP contribution in [0.5, 0.6) is 0 Å². The van der Waals surface area contributed by atoms with E-state index in [2.05, 4.69) is 10.6 Å². The van der Waals surface area contributed by atoms with E-state index in [9.17, 15) is 14.4 Å². The van der Waals surface area contributed by atoms with Gasteiger partial charge in [-0.25, -0.2) is 4.79 Å². The molecule has 1 aromatic carbocycles. The van der Waals surface area contributed by atoms with Crippen LogP contribution in [0.15, 0.2) is 30.3 Å². The van der Waals surface area contributed by atoms with Gasteiger partial charge in [-0.3, -0.25) is 9.59 Å². The highest BCUT2D eigenvalue weighted by molar-refractivity contribution is 5.96. The van der Waals surface area contributed by atoms with Gasteiger partial charge in [-0.05, 0) is 31.4 Å². The van der Waals surface area contributed by atoms with Crippen LogP contribution in [0.1, 0.15) is 36.0 Å². The number of amides is 2. The molecule has 0 unspecified atom stereocenters. The van der Waals surface area contributed by atoms with Gasteiger partial charge >= 0.3 is 5.97 Å². The Balaban J connectivity index is 2.39. The minimum absolute atomic E-state index is 0.245. The van der Waals surface area contributed by atoms with Crippen molar-refractivity contribution in [1.82, 2.24) is 10.6 Å². The monoisotopic (exact) mass is 317 g/mol. The normalized spacial score (nSPS) is 11.1. The van der Waals surface area contributed by atoms with Crippen molar-refractivity contribution < 1.29 is 19.5 Å². The van der Waals surface area contributed by atoms with Crippen LogP contribution >= 0.6 is 0 Å². The van der Waals surface area contributed by atoms with E-state index in [0.29, 0.717) is 24.8 Å². The molecule has 0 heterocycles. The standard InChI is InChI=1S/C16H19N3O4/c17-10-6-2-5-9-13(16(22)23)19-14(20)11-18-15(21)12-7-3-1-4-8-12/h1,3-4,7-8,13H,2,5-6,9,11H2,(H,18,21)(H,19,20)(H,22,23)/t13-/m1/s1. The number of hydrogen-bond donors (Lipinski definition) is 3. The van der Waals surface area contributed by atoms with Gasteiger partial charge in [0.2, 0.25) is 5.91 Å². The van der Waals surface area contributed by atoms with E-state index in [4.69, 9.17) is 10.4 Å². The molecule has 0 bridgehead atoms. The molecule has 1 atom stereocenters. The van der Waals surface area contributed by atoms with Crippen molar-refractivity contribution in [1.29, 1.82) is 5.26 Å². The predicted molar refractivity (Wildman–Crippen MR) is 82.4 cm³/mol. The minimum atomic E-state index is -1.13. The highest BCUT2D eigenvalue weighted by Crippen LogP contribution is 2.04. The fraction of sp³-hybridized carbons (Fsp3) is 0.375. The van der Waals surface area contributed by atoms with Crippen LogP contribution in [0.4, 0.5) is 0 Å². The molecule has 0 saturated heterocycles. The van der Waals surface area contributed by atoms with Gasteiger partial charge in [-0.15, -0.1) is 0 Å². The molecule has 0 aliphatic rings. The molecule has 0 saturated carbocycles. The zero-order valence-electron chi connectivity index (χ0n) is 12.6. The van der Waals surface area contributed by atoms with Gasteiger partial charge < -0.3 is 15.7 Å². The van der Waals surface area contributed by atoms with Gasteiger partial charge in [0.25, 0.3) is 5.91 Å². The molecule has 0 fully saturated rings. The number of nitrogens with zero attached hydrogens (tertiary/aromatic N) is 1. The van der Waals surface area contributed by atoms with Crippen molar-refractivity contribution in [3.05, 3.63) is 35.9 Å². The number of nitrogens with one attached hydrogen (secondary N) is 2. The molecule has 3 N–H and O–H groups in total. The largest absolute Gasteiger partial charge is 0.480 e. The van der Waals surface area contributed by atoms with E-state index in [1.165, 1.54) is 0 Å². The molecular weight excluding hydrogens is 298 g/mol. The third-order valence-electron chi connectivity index (χ3n) is 3.11. The number of carboxylic acids is 1. The lowest BCUT2D eigenvalue weighted by atomic mass is 10.1. The maximum absolute atomic E-state index is 11.8. The van der Waals surface area contributed by atoms with E-state index in [1.807, 2.05) is 6.07 Å². The fourth-order valence-electron chi connectivity index (χ4n) is 1.91. The second kappa shape index (κ2) is 9.95. The van der Waals surface area contributed by atoms with Gasteiger partial charge in [0, 0.05) is 12.0 Å². The van der Waals surface area contributed by atoms with Crippen LogP contribution in [-0.4, -0.2) is 35.5 Å². The van der Waals surface area contributed by atoms with Crippen LogP contribution in [0.25, 0.3) is 0 Å². The summed E-state index contributed by atoms with van der Waals surface area (Å²) in [6.07, 6.45) is 1.71. The number of aliphatic carboxylic acids is 1. The predicted octanol–water partition coefficient (Wildman–Crippen LogP) is 1.07. The van der Waals surface area contributed by atoms with Crippen LogP contribution in [0.2, 0.25) is 0 Å². The number of benzene rings is 1. The number of nitriles is 1. The summed E-state index contributed by atoms with van der Waals surface area (Å²) in [5.41, 5.74) is 0.423. The van der Waals surface area contributed by atoms with E-state index in [0.717, 1.165) is 0 Å². The molecule has 0 aliphatic carbocycles. The number of unbranched alkanes of at least 4 members (excludes halogenated alkanes) is 2. The molecule has 0 aromatic heterocycles. The first-order chi connectivity index (χ1) is 11.0. The molecule has 122 valence electrons. The van der Waals surface area contributed by atoms with Gasteiger partial charge in [-0.2, -0.15) is 5.26 Å². The van der Waals surface area contributed by atoms with Gasteiger partial charge in [0.15, 0.2) is 0 Å². The fourth-order valence-corrected chi connectivity index (χ4v) is 1.91. The summed E-state index contributed by atoms with van der Waals surface area (Å²) in [7, 11) is 0. The smallest absolute Gasteiger partial charge is 0.326 e. The number of carbonyl (C=O) groups excluding carboxylic acids is 2. The van der Waals surface area contributed by atoms with Crippen LogP contribution in [-0.2, 0) is 9.59 Å². The molecule has 7 nitrogen and oxygen atoms in total. The lowest BCUT2D eigenvalue weighted by Crippen LogP contribution is -2.45. The summed E-state index contributed by atoms with van der Waals surface area (Å²) in [4.78, 5) is 34.6. The van der Waals surface area contributed by atoms with Crippen molar-refractivity contribution >= 4 is 17.8 Å². The maximum atomic E-state index is 11.8. The SMILES string of the molecule is N#CCCCC[C@@H](NC(=O)CNC(=O)c1ccccc1)C(=O)O. The topological polar surface area (TPSA) is 119 Å². The lowest BCUT2D eigenvalue weighted by molar-refractivity contribution is -0.141. The van der Waals surface area contributed by atoms with E-state index < -0.39 is 23.8 Å². The van der Waals surface area contributed by atoms with E-state index in [1.54, 1.807) is 30.3 Å². The second-order valence-electron chi connectivity index (χ2n) is 4.91. The summed E-state index contributed by atoms with van der Waals surface area (Å²) in [5, 5.41) is 22.3. The van der Waals surface area contributed by atoms with Gasteiger partial charge in [0.1, 0.15) is 6.04 Å². The van der Waals surface area contributed by atoms with Crippen LogP contribution in [0.3, 0.4) is 0 Å². The average Bonchev–Trinajstić information content (AvgIpc) is 2.56. The van der Waals surface area contributed by atoms with Crippen molar-refractivity contribution in [2.45, 2.75) is 31.7 Å². The molecular formula is C16H19N3O4. The van der Waals surface area contributed by atoms with E-state index in [-0.39, 0.29) is 13.0 Å². The summed E-state index contributed by atoms with van der Waals surface area (Å²) >= 11 is 0. The number of carbonyl (C=O) groups is 3. The molecule has 0 radical (unpaired) electrons. The third-order valence-corrected chi connectivity index (χ3v) is 3.11. The van der Waals surface area contributed by atoms with Crippen molar-refractivity contribution in [3.63, 3.8) is 0 Å². The van der Waals surface area contributed by atoms with Crippen LogP contribution in [0, 0.1) is 11.3 Å². The Morgan fingerprint density at radius 3 is 2.48 bits per heavy atom. The quantitative estimate of drug-likeness (QED) is 0.589. The maximum Gasteiger partial charge on any atom is 0.326 e. The Morgan fingerprint density at radius 1 is 1.17 bits per heavy atom. The van der Waals surface area contributed by atoms with Gasteiger partial charge in [0.05, 0.1) is 12.6 Å². The summed E-state index contributed by atoms with van der Waals surface area (Å²) < 4.78 is 0. The Hall–Kier alpha value is -2.88. The highest BCUT2D eigenvalue weighted by Gasteiger charge is 2.19. The summed E-state index contributed by atoms with van der Waals surface area (Å²) in [6.45, 7) is -0.296. The third kappa shape index (κ3) is 7.09. The molecule has 7 heteroatoms. The van der Waals surface area contributed by atoms with Crippen molar-refractivity contribution in [2.24, 2.45) is 0 Å². The first kappa shape index (κ1) is 18.2. The Kier molecular flexibility index (Phi) is 7.86. The van der Waals surface area contributed by atoms with Gasteiger partial charge in [-0.1, -0.05) is 18.2 Å². The molecule has 2 amide bonds. The Morgan fingerprint density at radius 2 is 1.87 bits per heavy atom. The van der Waals surface area contributed by atoms with Crippen molar-refractivity contribution in [3.8, 4) is 6.07 Å². The lowest BCUT2D eigenvalue weighted by Gasteiger charge is -2.14. The minimum Gasteiger partial charge on any atom is -0.480 e. The first-order valence-electron chi connectivity index (χ1n) is 7.27. The van der Waals surface area contributed by atoms with E-state index >= 15 is 0 Å². The second-order valence-corrected chi connectivity index (χ2v) is 4.91. The zero-order chi connectivity index (χ0) is 17.1. The van der Waals surface area contributed by atoms with Crippen LogP contribution < -0.4 is 10.6 Å². The molecule has 0 aliphatic heterocycles. The number of rotatable bonds is 9. The Labute approximate surface area is 134 Å². The molecule has 1 aromatic rings. The first-order valence-corrected chi connectivity index (χ1v) is 7.27. The number of hydrogen-bond acceptors (Lipinski definition) is 4. The molecule has 1 rings (SSSR count). The summed E-state index contributed by atoms with van der Waals surface area (Å²) in [5.74, 6) is -2.10. The number of carboxylic acid groups (broad SMARTS) is 1. The highest BCUT2D eigenvalue weighted by atomic mass is 16.4. The Bertz CT molecular complexity index is 581. The summed E-state index contributed by atoms with van der Waals surface area (Å²) in [6, 6.07) is 9.37.